The standard InChI is InChI=1S/C17H20INO/c1-3-12-19-13(2)14-4-8-16(9-5-14)20-17-10-6-15(18)7-11-17/h4-11,13,19H,3,12H2,1-2H3. The van der Waals surface area contributed by atoms with E-state index in [1.165, 1.54) is 9.13 Å². The molecule has 0 amide bonds. The van der Waals surface area contributed by atoms with Crippen LogP contribution in [0.15, 0.2) is 48.5 Å². The molecule has 0 aliphatic carbocycles. The van der Waals surface area contributed by atoms with Crippen LogP contribution in [0.1, 0.15) is 31.9 Å². The van der Waals surface area contributed by atoms with Gasteiger partial charge in [0.2, 0.25) is 0 Å². The van der Waals surface area contributed by atoms with Crippen molar-refractivity contribution in [3.05, 3.63) is 57.7 Å². The highest BCUT2D eigenvalue weighted by molar-refractivity contribution is 14.1. The molecule has 0 heterocycles. The molecular weight excluding hydrogens is 361 g/mol. The fraction of sp³-hybridized carbons (Fsp3) is 0.294. The fourth-order valence-corrected chi connectivity index (χ4v) is 2.30. The number of rotatable bonds is 6. The average molecular weight is 381 g/mol. The molecule has 1 atom stereocenters. The maximum atomic E-state index is 5.83. The van der Waals surface area contributed by atoms with Crippen molar-refractivity contribution >= 4 is 22.6 Å². The van der Waals surface area contributed by atoms with Crippen LogP contribution in [0, 0.1) is 3.57 Å². The van der Waals surface area contributed by atoms with Gasteiger partial charge in [0.15, 0.2) is 0 Å². The van der Waals surface area contributed by atoms with Crippen molar-refractivity contribution in [2.75, 3.05) is 6.54 Å². The van der Waals surface area contributed by atoms with Gasteiger partial charge in [0.05, 0.1) is 0 Å². The van der Waals surface area contributed by atoms with Crippen molar-refractivity contribution in [2.24, 2.45) is 0 Å². The molecule has 0 spiro atoms. The summed E-state index contributed by atoms with van der Waals surface area (Å²) in [6.45, 7) is 5.41. The number of hydrogen-bond donors (Lipinski definition) is 1. The number of benzene rings is 2. The van der Waals surface area contributed by atoms with Crippen molar-refractivity contribution in [2.45, 2.75) is 26.3 Å². The normalized spacial score (nSPS) is 12.2. The molecule has 0 saturated heterocycles. The Hall–Kier alpha value is -1.07. The Balaban J connectivity index is 1.99. The van der Waals surface area contributed by atoms with Crippen LogP contribution in [0.2, 0.25) is 0 Å². The molecule has 1 unspecified atom stereocenters. The van der Waals surface area contributed by atoms with Crippen LogP contribution < -0.4 is 10.1 Å². The van der Waals surface area contributed by atoms with Crippen molar-refractivity contribution in [3.8, 4) is 11.5 Å². The Bertz CT molecular complexity index is 522. The zero-order valence-electron chi connectivity index (χ0n) is 11.9. The number of ether oxygens (including phenoxy) is 1. The molecule has 0 radical (unpaired) electrons. The molecule has 2 aromatic carbocycles. The van der Waals surface area contributed by atoms with Crippen LogP contribution in [-0.2, 0) is 0 Å². The monoisotopic (exact) mass is 381 g/mol. The van der Waals surface area contributed by atoms with Gasteiger partial charge < -0.3 is 10.1 Å². The van der Waals surface area contributed by atoms with Gasteiger partial charge in [-0.3, -0.25) is 0 Å². The molecule has 20 heavy (non-hydrogen) atoms. The van der Waals surface area contributed by atoms with Crippen molar-refractivity contribution in [3.63, 3.8) is 0 Å². The quantitative estimate of drug-likeness (QED) is 0.700. The van der Waals surface area contributed by atoms with Crippen molar-refractivity contribution in [1.82, 2.24) is 5.32 Å². The van der Waals surface area contributed by atoms with Gasteiger partial charge in [0.1, 0.15) is 11.5 Å². The summed E-state index contributed by atoms with van der Waals surface area (Å²) < 4.78 is 7.03. The summed E-state index contributed by atoms with van der Waals surface area (Å²) in [5.41, 5.74) is 1.29. The summed E-state index contributed by atoms with van der Waals surface area (Å²) in [7, 11) is 0. The van der Waals surface area contributed by atoms with E-state index in [1.54, 1.807) is 0 Å². The first-order valence-corrected chi connectivity index (χ1v) is 8.03. The minimum Gasteiger partial charge on any atom is -0.457 e. The first-order valence-electron chi connectivity index (χ1n) is 6.96. The lowest BCUT2D eigenvalue weighted by Gasteiger charge is -2.14. The van der Waals surface area contributed by atoms with Gasteiger partial charge in [-0.15, -0.1) is 0 Å². The predicted molar refractivity (Wildman–Crippen MR) is 92.4 cm³/mol. The largest absolute Gasteiger partial charge is 0.457 e. The number of hydrogen-bond acceptors (Lipinski definition) is 2. The Labute approximate surface area is 134 Å². The molecule has 0 fully saturated rings. The Morgan fingerprint density at radius 2 is 1.55 bits per heavy atom. The predicted octanol–water partition coefficient (Wildman–Crippen LogP) is 5.14. The van der Waals surface area contributed by atoms with Crippen LogP contribution in [0.25, 0.3) is 0 Å². The topological polar surface area (TPSA) is 21.3 Å². The first-order chi connectivity index (χ1) is 9.69. The van der Waals surface area contributed by atoms with Gasteiger partial charge in [-0.05, 0) is 84.4 Å². The van der Waals surface area contributed by atoms with Gasteiger partial charge in [-0.25, -0.2) is 0 Å². The van der Waals surface area contributed by atoms with E-state index in [0.29, 0.717) is 6.04 Å². The lowest BCUT2D eigenvalue weighted by atomic mass is 10.1. The maximum absolute atomic E-state index is 5.83. The second-order valence-electron chi connectivity index (χ2n) is 4.80. The van der Waals surface area contributed by atoms with E-state index in [9.17, 15) is 0 Å². The van der Waals surface area contributed by atoms with E-state index in [4.69, 9.17) is 4.74 Å². The van der Waals surface area contributed by atoms with Crippen LogP contribution in [0.3, 0.4) is 0 Å². The highest BCUT2D eigenvalue weighted by atomic mass is 127. The first kappa shape index (κ1) is 15.3. The van der Waals surface area contributed by atoms with Crippen LogP contribution >= 0.6 is 22.6 Å². The van der Waals surface area contributed by atoms with Crippen LogP contribution in [0.5, 0.6) is 11.5 Å². The zero-order chi connectivity index (χ0) is 14.4. The second-order valence-corrected chi connectivity index (χ2v) is 6.05. The van der Waals surface area contributed by atoms with Gasteiger partial charge >= 0.3 is 0 Å². The molecule has 2 aromatic rings. The van der Waals surface area contributed by atoms with Crippen LogP contribution in [0.4, 0.5) is 0 Å². The second kappa shape index (κ2) is 7.64. The summed E-state index contributed by atoms with van der Waals surface area (Å²) in [6, 6.07) is 16.7. The molecule has 106 valence electrons. The third-order valence-electron chi connectivity index (χ3n) is 3.13. The molecule has 0 bridgehead atoms. The van der Waals surface area contributed by atoms with Gasteiger partial charge in [-0.1, -0.05) is 19.1 Å². The Morgan fingerprint density at radius 3 is 2.10 bits per heavy atom. The van der Waals surface area contributed by atoms with Gasteiger partial charge in [0, 0.05) is 9.61 Å². The van der Waals surface area contributed by atoms with E-state index < -0.39 is 0 Å². The third kappa shape index (κ3) is 4.49. The summed E-state index contributed by atoms with van der Waals surface area (Å²) in [5.74, 6) is 1.74. The van der Waals surface area contributed by atoms with E-state index >= 15 is 0 Å². The van der Waals surface area contributed by atoms with E-state index in [1.807, 2.05) is 36.4 Å². The maximum Gasteiger partial charge on any atom is 0.127 e. The molecule has 3 heteroatoms. The minimum absolute atomic E-state index is 0.377. The Morgan fingerprint density at radius 1 is 1.00 bits per heavy atom. The SMILES string of the molecule is CCCNC(C)c1ccc(Oc2ccc(I)cc2)cc1. The third-order valence-corrected chi connectivity index (χ3v) is 3.85. The highest BCUT2D eigenvalue weighted by Crippen LogP contribution is 2.24. The molecule has 2 nitrogen and oxygen atoms in total. The zero-order valence-corrected chi connectivity index (χ0v) is 14.1. The lowest BCUT2D eigenvalue weighted by Crippen LogP contribution is -2.19. The minimum atomic E-state index is 0.377. The van der Waals surface area contributed by atoms with E-state index in [2.05, 4.69) is 53.9 Å². The molecular formula is C17H20INO. The molecule has 0 aliphatic rings. The summed E-state index contributed by atoms with van der Waals surface area (Å²) in [4.78, 5) is 0. The smallest absolute Gasteiger partial charge is 0.127 e. The lowest BCUT2D eigenvalue weighted by molar-refractivity contribution is 0.481. The van der Waals surface area contributed by atoms with Gasteiger partial charge in [0.25, 0.3) is 0 Å². The summed E-state index contributed by atoms with van der Waals surface area (Å²) in [5, 5.41) is 3.48. The molecule has 0 aromatic heterocycles. The molecule has 0 aliphatic heterocycles. The molecule has 2 rings (SSSR count). The van der Waals surface area contributed by atoms with E-state index in [0.717, 1.165) is 24.5 Å². The highest BCUT2D eigenvalue weighted by Gasteiger charge is 2.04. The van der Waals surface area contributed by atoms with Crippen molar-refractivity contribution < 1.29 is 4.74 Å². The van der Waals surface area contributed by atoms with Crippen molar-refractivity contribution in [1.29, 1.82) is 0 Å². The Kier molecular flexibility index (Phi) is 5.86. The molecule has 0 saturated carbocycles. The number of nitrogens with one attached hydrogen (secondary N) is 1. The van der Waals surface area contributed by atoms with Crippen LogP contribution in [-0.4, -0.2) is 6.54 Å². The van der Waals surface area contributed by atoms with E-state index in [-0.39, 0.29) is 0 Å². The fourth-order valence-electron chi connectivity index (χ4n) is 1.94. The average Bonchev–Trinajstić information content (AvgIpc) is 2.48. The number of halogens is 1. The molecule has 1 N–H and O–H groups in total. The summed E-state index contributed by atoms with van der Waals surface area (Å²) in [6.07, 6.45) is 1.15. The van der Waals surface area contributed by atoms with Gasteiger partial charge in [-0.2, -0.15) is 0 Å². The summed E-state index contributed by atoms with van der Waals surface area (Å²) >= 11 is 2.29.